The molecular formula is C10H21NO. The Labute approximate surface area is 75.7 Å². The Morgan fingerprint density at radius 2 is 2.17 bits per heavy atom. The standard InChI is InChI=1S/C10H21NO/c1-9(2)11-7-4-8-12-10-5-3-6-10/h9-11H,3-8H2,1-2H3. The van der Waals surface area contributed by atoms with Crippen molar-refractivity contribution in [2.24, 2.45) is 0 Å². The monoisotopic (exact) mass is 171 g/mol. The van der Waals surface area contributed by atoms with Gasteiger partial charge in [-0.3, -0.25) is 0 Å². The van der Waals surface area contributed by atoms with Gasteiger partial charge in [0.2, 0.25) is 0 Å². The van der Waals surface area contributed by atoms with Crippen LogP contribution in [0.1, 0.15) is 39.5 Å². The molecule has 0 aromatic rings. The van der Waals surface area contributed by atoms with Gasteiger partial charge in [-0.15, -0.1) is 0 Å². The van der Waals surface area contributed by atoms with Crippen LogP contribution in [0.3, 0.4) is 0 Å². The minimum Gasteiger partial charge on any atom is -0.378 e. The van der Waals surface area contributed by atoms with Gasteiger partial charge in [-0.05, 0) is 32.2 Å². The first kappa shape index (κ1) is 10.0. The van der Waals surface area contributed by atoms with Crippen LogP contribution in [-0.2, 0) is 4.74 Å². The fourth-order valence-electron chi connectivity index (χ4n) is 1.25. The average molecular weight is 171 g/mol. The second-order valence-corrected chi connectivity index (χ2v) is 3.89. The highest BCUT2D eigenvalue weighted by atomic mass is 16.5. The summed E-state index contributed by atoms with van der Waals surface area (Å²) in [5.41, 5.74) is 0. The van der Waals surface area contributed by atoms with Crippen molar-refractivity contribution in [3.63, 3.8) is 0 Å². The topological polar surface area (TPSA) is 21.3 Å². The Bertz CT molecular complexity index is 110. The molecule has 72 valence electrons. The molecule has 12 heavy (non-hydrogen) atoms. The van der Waals surface area contributed by atoms with E-state index in [2.05, 4.69) is 19.2 Å². The highest BCUT2D eigenvalue weighted by Gasteiger charge is 2.16. The number of hydrogen-bond donors (Lipinski definition) is 1. The maximum absolute atomic E-state index is 5.62. The van der Waals surface area contributed by atoms with Crippen molar-refractivity contribution >= 4 is 0 Å². The van der Waals surface area contributed by atoms with E-state index in [9.17, 15) is 0 Å². The second kappa shape index (κ2) is 5.55. The molecule has 0 amide bonds. The molecule has 0 heterocycles. The summed E-state index contributed by atoms with van der Waals surface area (Å²) in [5.74, 6) is 0. The lowest BCUT2D eigenvalue weighted by Gasteiger charge is -2.25. The molecular weight excluding hydrogens is 150 g/mol. The summed E-state index contributed by atoms with van der Waals surface area (Å²) >= 11 is 0. The van der Waals surface area contributed by atoms with Crippen LogP contribution in [0.15, 0.2) is 0 Å². The van der Waals surface area contributed by atoms with Crippen LogP contribution in [0.5, 0.6) is 0 Å². The van der Waals surface area contributed by atoms with Gasteiger partial charge in [-0.2, -0.15) is 0 Å². The van der Waals surface area contributed by atoms with Crippen molar-refractivity contribution in [3.8, 4) is 0 Å². The van der Waals surface area contributed by atoms with Gasteiger partial charge in [0.05, 0.1) is 6.10 Å². The number of nitrogens with one attached hydrogen (secondary N) is 1. The van der Waals surface area contributed by atoms with Gasteiger partial charge < -0.3 is 10.1 Å². The molecule has 0 aromatic carbocycles. The van der Waals surface area contributed by atoms with Crippen LogP contribution in [-0.4, -0.2) is 25.3 Å². The van der Waals surface area contributed by atoms with E-state index in [1.54, 1.807) is 0 Å². The molecule has 0 radical (unpaired) electrons. The van der Waals surface area contributed by atoms with E-state index in [0.717, 1.165) is 19.6 Å². The Morgan fingerprint density at radius 1 is 1.42 bits per heavy atom. The van der Waals surface area contributed by atoms with Gasteiger partial charge in [0.1, 0.15) is 0 Å². The first-order chi connectivity index (χ1) is 5.79. The van der Waals surface area contributed by atoms with E-state index in [4.69, 9.17) is 4.74 Å². The molecule has 0 spiro atoms. The molecule has 1 rings (SSSR count). The minimum absolute atomic E-state index is 0.601. The molecule has 0 saturated heterocycles. The van der Waals surface area contributed by atoms with Gasteiger partial charge >= 0.3 is 0 Å². The molecule has 0 bridgehead atoms. The van der Waals surface area contributed by atoms with Crippen LogP contribution < -0.4 is 5.32 Å². The molecule has 1 aliphatic carbocycles. The van der Waals surface area contributed by atoms with Gasteiger partial charge in [-0.1, -0.05) is 13.8 Å². The summed E-state index contributed by atoms with van der Waals surface area (Å²) in [5, 5.41) is 3.38. The minimum atomic E-state index is 0.601. The molecule has 1 N–H and O–H groups in total. The molecule has 0 aliphatic heterocycles. The van der Waals surface area contributed by atoms with E-state index in [0.29, 0.717) is 12.1 Å². The maximum atomic E-state index is 5.62. The SMILES string of the molecule is CC(C)NCCCOC1CCC1. The molecule has 1 aliphatic rings. The fourth-order valence-corrected chi connectivity index (χ4v) is 1.25. The predicted octanol–water partition coefficient (Wildman–Crippen LogP) is 1.94. The smallest absolute Gasteiger partial charge is 0.0575 e. The predicted molar refractivity (Wildman–Crippen MR) is 51.3 cm³/mol. The number of ether oxygens (including phenoxy) is 1. The molecule has 0 unspecified atom stereocenters. The van der Waals surface area contributed by atoms with E-state index < -0.39 is 0 Å². The van der Waals surface area contributed by atoms with Gasteiger partial charge in [0.25, 0.3) is 0 Å². The summed E-state index contributed by atoms with van der Waals surface area (Å²) in [7, 11) is 0. The molecule has 2 nitrogen and oxygen atoms in total. The van der Waals surface area contributed by atoms with Gasteiger partial charge in [-0.25, -0.2) is 0 Å². The number of hydrogen-bond acceptors (Lipinski definition) is 2. The summed E-state index contributed by atoms with van der Waals surface area (Å²) in [4.78, 5) is 0. The van der Waals surface area contributed by atoms with E-state index in [1.807, 2.05) is 0 Å². The Balaban J connectivity index is 1.76. The highest BCUT2D eigenvalue weighted by Crippen LogP contribution is 2.21. The quantitative estimate of drug-likeness (QED) is 0.617. The van der Waals surface area contributed by atoms with Crippen molar-refractivity contribution in [2.75, 3.05) is 13.2 Å². The zero-order valence-corrected chi connectivity index (χ0v) is 8.31. The normalized spacial score (nSPS) is 18.2. The van der Waals surface area contributed by atoms with E-state index >= 15 is 0 Å². The Morgan fingerprint density at radius 3 is 2.67 bits per heavy atom. The lowest BCUT2D eigenvalue weighted by Crippen LogP contribution is -2.26. The van der Waals surface area contributed by atoms with Crippen LogP contribution in [0.2, 0.25) is 0 Å². The zero-order chi connectivity index (χ0) is 8.81. The summed E-state index contributed by atoms with van der Waals surface area (Å²) in [6.07, 6.45) is 5.70. The summed E-state index contributed by atoms with van der Waals surface area (Å²) in [6, 6.07) is 0.605. The van der Waals surface area contributed by atoms with Crippen LogP contribution in [0.4, 0.5) is 0 Å². The molecule has 1 saturated carbocycles. The third-order valence-electron chi connectivity index (χ3n) is 2.28. The maximum Gasteiger partial charge on any atom is 0.0575 e. The van der Waals surface area contributed by atoms with Crippen LogP contribution in [0, 0.1) is 0 Å². The molecule has 2 heteroatoms. The highest BCUT2D eigenvalue weighted by molar-refractivity contribution is 4.68. The first-order valence-corrected chi connectivity index (χ1v) is 5.14. The largest absolute Gasteiger partial charge is 0.378 e. The van der Waals surface area contributed by atoms with Crippen LogP contribution >= 0.6 is 0 Å². The van der Waals surface area contributed by atoms with Crippen molar-refractivity contribution in [2.45, 2.75) is 51.7 Å². The zero-order valence-electron chi connectivity index (χ0n) is 8.31. The van der Waals surface area contributed by atoms with Crippen molar-refractivity contribution in [3.05, 3.63) is 0 Å². The Hall–Kier alpha value is -0.0800. The third-order valence-corrected chi connectivity index (χ3v) is 2.28. The second-order valence-electron chi connectivity index (χ2n) is 3.89. The number of rotatable bonds is 6. The first-order valence-electron chi connectivity index (χ1n) is 5.14. The van der Waals surface area contributed by atoms with Crippen molar-refractivity contribution in [1.29, 1.82) is 0 Å². The van der Waals surface area contributed by atoms with Crippen LogP contribution in [0.25, 0.3) is 0 Å². The summed E-state index contributed by atoms with van der Waals surface area (Å²) in [6.45, 7) is 6.37. The fraction of sp³-hybridized carbons (Fsp3) is 1.00. The third kappa shape index (κ3) is 4.07. The van der Waals surface area contributed by atoms with Gasteiger partial charge in [0, 0.05) is 12.6 Å². The molecule has 1 fully saturated rings. The van der Waals surface area contributed by atoms with Crippen molar-refractivity contribution in [1.82, 2.24) is 5.32 Å². The lowest BCUT2D eigenvalue weighted by atomic mass is 9.96. The average Bonchev–Trinajstić information content (AvgIpc) is 1.92. The Kier molecular flexibility index (Phi) is 4.62. The van der Waals surface area contributed by atoms with Gasteiger partial charge in [0.15, 0.2) is 0 Å². The molecule has 0 atom stereocenters. The van der Waals surface area contributed by atoms with E-state index in [1.165, 1.54) is 19.3 Å². The van der Waals surface area contributed by atoms with E-state index in [-0.39, 0.29) is 0 Å². The lowest BCUT2D eigenvalue weighted by molar-refractivity contribution is 0.00142. The molecule has 0 aromatic heterocycles. The summed E-state index contributed by atoms with van der Waals surface area (Å²) < 4.78 is 5.62. The van der Waals surface area contributed by atoms with Crippen molar-refractivity contribution < 1.29 is 4.74 Å².